The summed E-state index contributed by atoms with van der Waals surface area (Å²) in [6.07, 6.45) is 0.750. The Morgan fingerprint density at radius 3 is 2.52 bits per heavy atom. The van der Waals surface area contributed by atoms with Crippen molar-refractivity contribution in [3.63, 3.8) is 0 Å². The molecule has 0 atom stereocenters. The van der Waals surface area contributed by atoms with E-state index in [-0.39, 0.29) is 18.4 Å². The number of benzene rings is 2. The number of rotatable bonds is 8. The van der Waals surface area contributed by atoms with Gasteiger partial charge in [-0.2, -0.15) is 5.10 Å². The summed E-state index contributed by atoms with van der Waals surface area (Å²) in [7, 11) is 0. The van der Waals surface area contributed by atoms with E-state index in [2.05, 4.69) is 5.32 Å². The molecule has 0 radical (unpaired) electrons. The van der Waals surface area contributed by atoms with Gasteiger partial charge in [0.2, 0.25) is 5.91 Å². The molecular formula is C25H23ClN4O2S. The molecule has 168 valence electrons. The number of hydrogen-bond donors (Lipinski definition) is 1. The number of carbonyl (C=O) groups excluding carboxylic acids is 2. The van der Waals surface area contributed by atoms with Gasteiger partial charge in [-0.05, 0) is 30.0 Å². The summed E-state index contributed by atoms with van der Waals surface area (Å²) in [4.78, 5) is 28.0. The number of para-hydroxylation sites is 1. The van der Waals surface area contributed by atoms with Gasteiger partial charge in [0.25, 0.3) is 5.91 Å². The fourth-order valence-corrected chi connectivity index (χ4v) is 4.37. The van der Waals surface area contributed by atoms with Gasteiger partial charge in [-0.15, -0.1) is 11.3 Å². The summed E-state index contributed by atoms with van der Waals surface area (Å²) in [6, 6.07) is 22.4. The standard InChI is InChI=1S/C25H23ClN4O2S/c1-2-14-29(25(32)22-13-8-15-33-22)17-24(31)27-23-16-20(18-9-4-3-5-10-18)28-30(23)21-12-7-6-11-19(21)26/h3-13,15-16H,2,14,17H2,1H3,(H,27,31). The van der Waals surface area contributed by atoms with Gasteiger partial charge in [0.1, 0.15) is 12.4 Å². The third-order valence-corrected chi connectivity index (χ3v) is 6.15. The average Bonchev–Trinajstić information content (AvgIpc) is 3.50. The van der Waals surface area contributed by atoms with Crippen molar-refractivity contribution in [3.05, 3.63) is 88.1 Å². The average molecular weight is 479 g/mol. The third kappa shape index (κ3) is 5.32. The number of hydrogen-bond acceptors (Lipinski definition) is 4. The zero-order valence-electron chi connectivity index (χ0n) is 18.1. The van der Waals surface area contributed by atoms with Gasteiger partial charge >= 0.3 is 0 Å². The highest BCUT2D eigenvalue weighted by atomic mass is 35.5. The van der Waals surface area contributed by atoms with Gasteiger partial charge in [-0.1, -0.05) is 67.1 Å². The van der Waals surface area contributed by atoms with Crippen LogP contribution in [0, 0.1) is 0 Å². The highest BCUT2D eigenvalue weighted by molar-refractivity contribution is 7.12. The highest BCUT2D eigenvalue weighted by Gasteiger charge is 2.21. The van der Waals surface area contributed by atoms with Crippen LogP contribution >= 0.6 is 22.9 Å². The first kappa shape index (κ1) is 22.8. The first-order chi connectivity index (χ1) is 16.1. The number of nitrogens with one attached hydrogen (secondary N) is 1. The largest absolute Gasteiger partial charge is 0.329 e. The molecule has 2 aromatic heterocycles. The van der Waals surface area contributed by atoms with Crippen LogP contribution in [-0.4, -0.2) is 39.6 Å². The fraction of sp³-hybridized carbons (Fsp3) is 0.160. The van der Waals surface area contributed by atoms with Gasteiger partial charge in [0, 0.05) is 18.2 Å². The van der Waals surface area contributed by atoms with E-state index in [1.54, 1.807) is 21.7 Å². The van der Waals surface area contributed by atoms with Gasteiger partial charge in [-0.3, -0.25) is 9.59 Å². The van der Waals surface area contributed by atoms with Crippen molar-refractivity contribution in [2.24, 2.45) is 0 Å². The minimum absolute atomic E-state index is 0.0566. The molecule has 0 bridgehead atoms. The zero-order chi connectivity index (χ0) is 23.2. The number of carbonyl (C=O) groups is 2. The molecule has 1 N–H and O–H groups in total. The third-order valence-electron chi connectivity index (χ3n) is 4.97. The summed E-state index contributed by atoms with van der Waals surface area (Å²) in [5.74, 6) is 0.0275. The SMILES string of the molecule is CCCN(CC(=O)Nc1cc(-c2ccccc2)nn1-c1ccccc1Cl)C(=O)c1cccs1. The lowest BCUT2D eigenvalue weighted by Crippen LogP contribution is -2.38. The van der Waals surface area contributed by atoms with Crippen molar-refractivity contribution in [2.45, 2.75) is 13.3 Å². The van der Waals surface area contributed by atoms with Crippen molar-refractivity contribution < 1.29 is 9.59 Å². The number of halogens is 1. The number of aromatic nitrogens is 2. The van der Waals surface area contributed by atoms with Gasteiger partial charge < -0.3 is 10.2 Å². The molecule has 0 fully saturated rings. The maximum absolute atomic E-state index is 13.0. The molecule has 2 heterocycles. The lowest BCUT2D eigenvalue weighted by molar-refractivity contribution is -0.116. The second kappa shape index (κ2) is 10.5. The number of anilines is 1. The van der Waals surface area contributed by atoms with E-state index in [4.69, 9.17) is 16.7 Å². The van der Waals surface area contributed by atoms with Crippen LogP contribution in [0.25, 0.3) is 16.9 Å². The predicted molar refractivity (Wildman–Crippen MR) is 133 cm³/mol. The number of nitrogens with zero attached hydrogens (tertiary/aromatic N) is 3. The Hall–Kier alpha value is -3.42. The van der Waals surface area contributed by atoms with Crippen molar-refractivity contribution in [2.75, 3.05) is 18.4 Å². The summed E-state index contributed by atoms with van der Waals surface area (Å²) in [5, 5.41) is 9.98. The van der Waals surface area contributed by atoms with Crippen LogP contribution < -0.4 is 5.32 Å². The molecule has 33 heavy (non-hydrogen) atoms. The van der Waals surface area contributed by atoms with Crippen molar-refractivity contribution in [1.82, 2.24) is 14.7 Å². The van der Waals surface area contributed by atoms with E-state index < -0.39 is 0 Å². The van der Waals surface area contributed by atoms with Crippen LogP contribution in [0.4, 0.5) is 5.82 Å². The summed E-state index contributed by atoms with van der Waals surface area (Å²) < 4.78 is 1.62. The van der Waals surface area contributed by atoms with Crippen LogP contribution in [-0.2, 0) is 4.79 Å². The van der Waals surface area contributed by atoms with Crippen LogP contribution in [0.3, 0.4) is 0 Å². The molecule has 2 amide bonds. The molecule has 0 saturated carbocycles. The highest BCUT2D eigenvalue weighted by Crippen LogP contribution is 2.28. The Kier molecular flexibility index (Phi) is 7.22. The zero-order valence-corrected chi connectivity index (χ0v) is 19.6. The summed E-state index contributed by atoms with van der Waals surface area (Å²) in [6.45, 7) is 2.41. The quantitative estimate of drug-likeness (QED) is 0.351. The van der Waals surface area contributed by atoms with Gasteiger partial charge in [0.15, 0.2) is 0 Å². The molecule has 2 aromatic carbocycles. The summed E-state index contributed by atoms with van der Waals surface area (Å²) >= 11 is 7.79. The van der Waals surface area contributed by atoms with Crippen LogP contribution in [0.15, 0.2) is 78.2 Å². The minimum atomic E-state index is -0.304. The lowest BCUT2D eigenvalue weighted by Gasteiger charge is -2.21. The first-order valence-corrected chi connectivity index (χ1v) is 11.9. The molecule has 0 unspecified atom stereocenters. The lowest BCUT2D eigenvalue weighted by atomic mass is 10.1. The van der Waals surface area contributed by atoms with E-state index in [9.17, 15) is 9.59 Å². The molecule has 0 aliphatic rings. The van der Waals surface area contributed by atoms with Crippen molar-refractivity contribution >= 4 is 40.6 Å². The number of thiophene rings is 1. The van der Waals surface area contributed by atoms with Crippen LogP contribution in [0.1, 0.15) is 23.0 Å². The maximum atomic E-state index is 13.0. The topological polar surface area (TPSA) is 67.2 Å². The fourth-order valence-electron chi connectivity index (χ4n) is 3.46. The van der Waals surface area contributed by atoms with Crippen molar-refractivity contribution in [3.8, 4) is 16.9 Å². The molecule has 0 aliphatic carbocycles. The molecule has 0 saturated heterocycles. The summed E-state index contributed by atoms with van der Waals surface area (Å²) in [5.41, 5.74) is 2.27. The monoisotopic (exact) mass is 478 g/mol. The maximum Gasteiger partial charge on any atom is 0.264 e. The normalized spacial score (nSPS) is 10.7. The predicted octanol–water partition coefficient (Wildman–Crippen LogP) is 5.75. The Balaban J connectivity index is 1.62. The van der Waals surface area contributed by atoms with E-state index in [1.165, 1.54) is 11.3 Å². The Morgan fingerprint density at radius 1 is 1.06 bits per heavy atom. The molecule has 0 spiro atoms. The van der Waals surface area contributed by atoms with Crippen LogP contribution in [0.2, 0.25) is 5.02 Å². The Bertz CT molecular complexity index is 1240. The van der Waals surface area contributed by atoms with E-state index >= 15 is 0 Å². The van der Waals surface area contributed by atoms with E-state index in [0.717, 1.165) is 12.0 Å². The van der Waals surface area contributed by atoms with E-state index in [0.29, 0.717) is 33.6 Å². The van der Waals surface area contributed by atoms with Crippen molar-refractivity contribution in [1.29, 1.82) is 0 Å². The molecular weight excluding hydrogens is 456 g/mol. The van der Waals surface area contributed by atoms with E-state index in [1.807, 2.05) is 73.0 Å². The Morgan fingerprint density at radius 2 is 1.82 bits per heavy atom. The Labute approximate surface area is 201 Å². The molecule has 4 aromatic rings. The molecule has 4 rings (SSSR count). The molecule has 6 nitrogen and oxygen atoms in total. The minimum Gasteiger partial charge on any atom is -0.329 e. The smallest absolute Gasteiger partial charge is 0.264 e. The van der Waals surface area contributed by atoms with Crippen LogP contribution in [0.5, 0.6) is 0 Å². The molecule has 0 aliphatic heterocycles. The van der Waals surface area contributed by atoms with Gasteiger partial charge in [-0.25, -0.2) is 4.68 Å². The number of amides is 2. The molecule has 8 heteroatoms. The second-order valence-corrected chi connectivity index (χ2v) is 8.75. The van der Waals surface area contributed by atoms with Gasteiger partial charge in [0.05, 0.1) is 21.3 Å². The second-order valence-electron chi connectivity index (χ2n) is 7.40. The first-order valence-electron chi connectivity index (χ1n) is 10.6.